The molecule has 0 radical (unpaired) electrons. The summed E-state index contributed by atoms with van der Waals surface area (Å²) in [6.07, 6.45) is 2.00. The van der Waals surface area contributed by atoms with E-state index in [9.17, 15) is 4.79 Å². The van der Waals surface area contributed by atoms with E-state index >= 15 is 0 Å². The average molecular weight is 353 g/mol. The minimum atomic E-state index is -0.0956. The molecule has 1 aromatic carbocycles. The Hall–Kier alpha value is -3.09. The molecule has 2 N–H and O–H groups in total. The monoisotopic (exact) mass is 353 g/mol. The number of hydrogen-bond acceptors (Lipinski definition) is 5. The summed E-state index contributed by atoms with van der Waals surface area (Å²) >= 11 is 0. The smallest absolute Gasteiger partial charge is 0.239 e. The highest BCUT2D eigenvalue weighted by molar-refractivity contribution is 5.86. The maximum atomic E-state index is 12.0. The molecule has 0 unspecified atom stereocenters. The number of nitrogens with zero attached hydrogens (tertiary/aromatic N) is 3. The molecule has 7 nitrogen and oxygen atoms in total. The fraction of sp³-hybridized carbons (Fsp3) is 0.316. The number of hydrogen-bond donors (Lipinski definition) is 2. The molecule has 7 heteroatoms. The molecule has 26 heavy (non-hydrogen) atoms. The van der Waals surface area contributed by atoms with E-state index in [4.69, 9.17) is 4.74 Å². The number of carbonyl (C=O) groups excluding carboxylic acids is 1. The highest BCUT2D eigenvalue weighted by Gasteiger charge is 2.07. The van der Waals surface area contributed by atoms with Gasteiger partial charge in [-0.2, -0.15) is 0 Å². The summed E-state index contributed by atoms with van der Waals surface area (Å²) in [6, 6.07) is 9.86. The number of anilines is 1. The van der Waals surface area contributed by atoms with Gasteiger partial charge in [0.2, 0.25) is 11.9 Å². The van der Waals surface area contributed by atoms with Crippen molar-refractivity contribution in [3.05, 3.63) is 47.9 Å². The number of amides is 1. The maximum absolute atomic E-state index is 12.0. The maximum Gasteiger partial charge on any atom is 0.239 e. The zero-order valence-corrected chi connectivity index (χ0v) is 15.2. The summed E-state index contributed by atoms with van der Waals surface area (Å²) in [5.41, 5.74) is 2.83. The lowest BCUT2D eigenvalue weighted by atomic mass is 10.2. The Morgan fingerprint density at radius 1 is 1.19 bits per heavy atom. The molecule has 0 aliphatic heterocycles. The first-order valence-corrected chi connectivity index (χ1v) is 8.51. The Labute approximate surface area is 152 Å². The van der Waals surface area contributed by atoms with Crippen LogP contribution in [0.25, 0.3) is 10.9 Å². The Morgan fingerprint density at radius 2 is 1.96 bits per heavy atom. The molecule has 0 saturated heterocycles. The molecule has 0 saturated carbocycles. The molecule has 0 aliphatic carbocycles. The number of rotatable bonds is 7. The number of aryl methyl sites for hydroxylation is 2. The highest BCUT2D eigenvalue weighted by Crippen LogP contribution is 2.25. The number of fused-ring (bicyclic) bond motifs is 1. The van der Waals surface area contributed by atoms with Crippen LogP contribution in [0.15, 0.2) is 36.5 Å². The fourth-order valence-corrected chi connectivity index (χ4v) is 2.91. The van der Waals surface area contributed by atoms with Gasteiger partial charge < -0.3 is 19.9 Å². The lowest BCUT2D eigenvalue weighted by Gasteiger charge is -2.09. The van der Waals surface area contributed by atoms with Crippen molar-refractivity contribution in [1.29, 1.82) is 0 Å². The van der Waals surface area contributed by atoms with Crippen LogP contribution in [-0.4, -0.2) is 40.6 Å². The van der Waals surface area contributed by atoms with Crippen LogP contribution >= 0.6 is 0 Å². The van der Waals surface area contributed by atoms with Crippen molar-refractivity contribution in [3.63, 3.8) is 0 Å². The largest absolute Gasteiger partial charge is 0.496 e. The first kappa shape index (κ1) is 17.7. The summed E-state index contributed by atoms with van der Waals surface area (Å²) in [6.45, 7) is 5.16. The molecule has 0 spiro atoms. The second-order valence-electron chi connectivity index (χ2n) is 6.08. The van der Waals surface area contributed by atoms with Crippen molar-refractivity contribution in [1.82, 2.24) is 19.9 Å². The van der Waals surface area contributed by atoms with E-state index in [1.807, 2.05) is 50.4 Å². The molecule has 1 amide bonds. The molecule has 3 rings (SSSR count). The molecule has 0 aliphatic rings. The third-order valence-corrected chi connectivity index (χ3v) is 4.06. The Morgan fingerprint density at radius 3 is 2.69 bits per heavy atom. The van der Waals surface area contributed by atoms with Crippen LogP contribution in [0.2, 0.25) is 0 Å². The molecule has 0 fully saturated rings. The summed E-state index contributed by atoms with van der Waals surface area (Å²) in [4.78, 5) is 20.5. The van der Waals surface area contributed by atoms with Gasteiger partial charge in [0.05, 0.1) is 19.2 Å². The minimum Gasteiger partial charge on any atom is -0.496 e. The number of aromatic nitrogens is 3. The van der Waals surface area contributed by atoms with E-state index in [1.165, 1.54) is 0 Å². The van der Waals surface area contributed by atoms with E-state index in [-0.39, 0.29) is 12.5 Å². The van der Waals surface area contributed by atoms with E-state index < -0.39 is 0 Å². The van der Waals surface area contributed by atoms with Gasteiger partial charge in [0.15, 0.2) is 0 Å². The second kappa shape index (κ2) is 7.86. The van der Waals surface area contributed by atoms with Gasteiger partial charge in [0, 0.05) is 36.1 Å². The van der Waals surface area contributed by atoms with Gasteiger partial charge >= 0.3 is 0 Å². The van der Waals surface area contributed by atoms with E-state index in [0.717, 1.165) is 28.0 Å². The number of nitrogens with one attached hydrogen (secondary N) is 2. The van der Waals surface area contributed by atoms with Crippen molar-refractivity contribution >= 4 is 22.8 Å². The fourth-order valence-electron chi connectivity index (χ4n) is 2.91. The van der Waals surface area contributed by atoms with E-state index in [1.54, 1.807) is 7.11 Å². The highest BCUT2D eigenvalue weighted by atomic mass is 16.5. The lowest BCUT2D eigenvalue weighted by Crippen LogP contribution is -2.32. The SMILES string of the molecule is COc1cccc2c1ccn2CCNC(=O)CNc1nc(C)cc(C)n1. The zero-order valence-electron chi connectivity index (χ0n) is 15.2. The number of ether oxygens (including phenoxy) is 1. The summed E-state index contributed by atoms with van der Waals surface area (Å²) in [7, 11) is 1.67. The Bertz CT molecular complexity index is 899. The van der Waals surface area contributed by atoms with Crippen LogP contribution in [0.3, 0.4) is 0 Å². The second-order valence-corrected chi connectivity index (χ2v) is 6.08. The summed E-state index contributed by atoms with van der Waals surface area (Å²) in [5.74, 6) is 1.23. The molecule has 136 valence electrons. The molecule has 0 atom stereocenters. The third-order valence-electron chi connectivity index (χ3n) is 4.06. The van der Waals surface area contributed by atoms with Gasteiger partial charge in [0.1, 0.15) is 5.75 Å². The molecule has 2 aromatic heterocycles. The van der Waals surface area contributed by atoms with Gasteiger partial charge in [-0.3, -0.25) is 4.79 Å². The van der Waals surface area contributed by atoms with Crippen molar-refractivity contribution in [2.45, 2.75) is 20.4 Å². The van der Waals surface area contributed by atoms with Crippen LogP contribution in [0.4, 0.5) is 5.95 Å². The molecule has 3 aromatic rings. The average Bonchev–Trinajstić information content (AvgIpc) is 3.02. The van der Waals surface area contributed by atoms with Gasteiger partial charge in [0.25, 0.3) is 0 Å². The van der Waals surface area contributed by atoms with Gasteiger partial charge in [-0.1, -0.05) is 6.07 Å². The van der Waals surface area contributed by atoms with Crippen molar-refractivity contribution in [2.24, 2.45) is 0 Å². The van der Waals surface area contributed by atoms with Crippen LogP contribution in [0.1, 0.15) is 11.4 Å². The lowest BCUT2D eigenvalue weighted by molar-refractivity contribution is -0.119. The van der Waals surface area contributed by atoms with Crippen LogP contribution in [0.5, 0.6) is 5.75 Å². The minimum absolute atomic E-state index is 0.0956. The van der Waals surface area contributed by atoms with E-state index in [0.29, 0.717) is 19.0 Å². The Kier molecular flexibility index (Phi) is 5.36. The Balaban J connectivity index is 1.51. The van der Waals surface area contributed by atoms with Crippen LogP contribution < -0.4 is 15.4 Å². The topological polar surface area (TPSA) is 81.1 Å². The molecule has 0 bridgehead atoms. The standard InChI is InChI=1S/C19H23N5O2/c1-13-11-14(2)23-19(22-13)21-12-18(25)20-8-10-24-9-7-15-16(24)5-4-6-17(15)26-3/h4-7,9,11H,8,10,12H2,1-3H3,(H,20,25)(H,21,22,23). The van der Waals surface area contributed by atoms with Gasteiger partial charge in [-0.25, -0.2) is 9.97 Å². The predicted molar refractivity (Wildman–Crippen MR) is 101 cm³/mol. The first-order chi connectivity index (χ1) is 12.6. The first-order valence-electron chi connectivity index (χ1n) is 8.51. The van der Waals surface area contributed by atoms with Crippen LogP contribution in [0, 0.1) is 13.8 Å². The third kappa shape index (κ3) is 4.11. The summed E-state index contributed by atoms with van der Waals surface area (Å²) < 4.78 is 7.47. The summed E-state index contributed by atoms with van der Waals surface area (Å²) in [5, 5.41) is 6.93. The van der Waals surface area contributed by atoms with Crippen molar-refractivity contribution in [2.75, 3.05) is 25.5 Å². The van der Waals surface area contributed by atoms with Crippen molar-refractivity contribution < 1.29 is 9.53 Å². The zero-order chi connectivity index (χ0) is 18.5. The van der Waals surface area contributed by atoms with Gasteiger partial charge in [-0.15, -0.1) is 0 Å². The van der Waals surface area contributed by atoms with Crippen LogP contribution in [-0.2, 0) is 11.3 Å². The number of benzene rings is 1. The van der Waals surface area contributed by atoms with E-state index in [2.05, 4.69) is 25.2 Å². The molecular weight excluding hydrogens is 330 g/mol. The van der Waals surface area contributed by atoms with Gasteiger partial charge in [-0.05, 0) is 38.1 Å². The quantitative estimate of drug-likeness (QED) is 0.681. The molecule has 2 heterocycles. The number of methoxy groups -OCH3 is 1. The van der Waals surface area contributed by atoms with Crippen molar-refractivity contribution in [3.8, 4) is 5.75 Å². The predicted octanol–water partition coefficient (Wildman–Crippen LogP) is 2.29. The normalized spacial score (nSPS) is 10.7. The molecular formula is C19H23N5O2. The number of carbonyl (C=O) groups is 1.